The van der Waals surface area contributed by atoms with Crippen molar-refractivity contribution in [2.75, 3.05) is 0 Å². The number of allylic oxidation sites excluding steroid dienone is 1. The third-order valence-electron chi connectivity index (χ3n) is 1.19. The fraction of sp³-hybridized carbons (Fsp3) is 0.333. The summed E-state index contributed by atoms with van der Waals surface area (Å²) in [6.45, 7) is 0. The maximum absolute atomic E-state index is 9.85. The summed E-state index contributed by atoms with van der Waals surface area (Å²) in [5, 5.41) is 11.5. The molecule has 1 unspecified atom stereocenters. The van der Waals surface area contributed by atoms with Gasteiger partial charge in [-0.1, -0.05) is 11.3 Å². The summed E-state index contributed by atoms with van der Waals surface area (Å²) < 4.78 is 0. The van der Waals surface area contributed by atoms with Crippen LogP contribution in [0.4, 0.5) is 0 Å². The van der Waals surface area contributed by atoms with Crippen molar-refractivity contribution in [2.24, 2.45) is 5.18 Å². The number of aliphatic hydroxyl groups is 1. The maximum Gasteiger partial charge on any atom is 0.114 e. The fourth-order valence-electron chi connectivity index (χ4n) is 0.676. The number of hydrogen-bond acceptors (Lipinski definition) is 3. The van der Waals surface area contributed by atoms with Gasteiger partial charge in [-0.2, -0.15) is 4.91 Å². The molecule has 3 nitrogen and oxygen atoms in total. The third kappa shape index (κ3) is 1.38. The first-order chi connectivity index (χ1) is 4.33. The Balaban J connectivity index is 2.58. The molecule has 0 amide bonds. The summed E-state index contributed by atoms with van der Waals surface area (Å²) in [6.07, 6.45) is 5.16. The average molecular weight is 125 g/mol. The largest absolute Gasteiger partial charge is 0.508 e. The van der Waals surface area contributed by atoms with Crippen LogP contribution < -0.4 is 0 Å². The standard InChI is InChI=1S/C6H7NO2/c8-6-3-1-5(7-9)2-4-6/h1,3-5,8H,2H2. The van der Waals surface area contributed by atoms with Crippen molar-refractivity contribution in [3.8, 4) is 0 Å². The number of rotatable bonds is 1. The number of aliphatic hydroxyl groups excluding tert-OH is 1. The van der Waals surface area contributed by atoms with Crippen molar-refractivity contribution < 1.29 is 5.11 Å². The highest BCUT2D eigenvalue weighted by molar-refractivity contribution is 5.18. The van der Waals surface area contributed by atoms with Gasteiger partial charge in [0, 0.05) is 0 Å². The first-order valence-electron chi connectivity index (χ1n) is 2.72. The molecule has 1 atom stereocenters. The minimum Gasteiger partial charge on any atom is -0.508 e. The Morgan fingerprint density at radius 1 is 1.78 bits per heavy atom. The molecule has 0 aromatic carbocycles. The zero-order valence-corrected chi connectivity index (χ0v) is 4.82. The first kappa shape index (κ1) is 6.01. The normalized spacial score (nSPS) is 25.3. The van der Waals surface area contributed by atoms with Gasteiger partial charge in [0.2, 0.25) is 0 Å². The van der Waals surface area contributed by atoms with Crippen molar-refractivity contribution >= 4 is 0 Å². The van der Waals surface area contributed by atoms with Crippen molar-refractivity contribution in [1.29, 1.82) is 0 Å². The van der Waals surface area contributed by atoms with Gasteiger partial charge in [-0.25, -0.2) is 0 Å². The lowest BCUT2D eigenvalue weighted by molar-refractivity contribution is 0.425. The smallest absolute Gasteiger partial charge is 0.114 e. The predicted molar refractivity (Wildman–Crippen MR) is 34.1 cm³/mol. The Labute approximate surface area is 52.7 Å². The molecule has 0 radical (unpaired) electrons. The van der Waals surface area contributed by atoms with Gasteiger partial charge in [-0.15, -0.1) is 0 Å². The summed E-state index contributed by atoms with van der Waals surface area (Å²) in [4.78, 5) is 9.85. The lowest BCUT2D eigenvalue weighted by Gasteiger charge is -2.03. The van der Waals surface area contributed by atoms with Gasteiger partial charge in [0.05, 0.1) is 0 Å². The molecule has 9 heavy (non-hydrogen) atoms. The molecule has 0 aromatic heterocycles. The molecule has 0 aromatic rings. The quantitative estimate of drug-likeness (QED) is 0.540. The highest BCUT2D eigenvalue weighted by atomic mass is 16.3. The van der Waals surface area contributed by atoms with Crippen molar-refractivity contribution in [1.82, 2.24) is 0 Å². The van der Waals surface area contributed by atoms with Crippen LogP contribution >= 0.6 is 0 Å². The van der Waals surface area contributed by atoms with Crippen molar-refractivity contribution in [3.05, 3.63) is 28.9 Å². The molecule has 0 saturated carbocycles. The van der Waals surface area contributed by atoms with Gasteiger partial charge in [0.1, 0.15) is 11.8 Å². The van der Waals surface area contributed by atoms with Gasteiger partial charge in [-0.3, -0.25) is 0 Å². The molecule has 1 aliphatic rings. The number of nitrogens with zero attached hydrogens (tertiary/aromatic N) is 1. The minimum absolute atomic E-state index is 0.218. The van der Waals surface area contributed by atoms with E-state index in [0.717, 1.165) is 0 Å². The summed E-state index contributed by atoms with van der Waals surface area (Å²) >= 11 is 0. The second-order valence-electron chi connectivity index (χ2n) is 1.90. The molecule has 3 heteroatoms. The highest BCUT2D eigenvalue weighted by Gasteiger charge is 2.05. The number of hydrogen-bond donors (Lipinski definition) is 1. The van der Waals surface area contributed by atoms with Crippen molar-refractivity contribution in [2.45, 2.75) is 12.5 Å². The van der Waals surface area contributed by atoms with Gasteiger partial charge < -0.3 is 5.11 Å². The zero-order chi connectivity index (χ0) is 6.69. The van der Waals surface area contributed by atoms with E-state index in [1.54, 1.807) is 12.2 Å². The predicted octanol–water partition coefficient (Wildman–Crippen LogP) is 1.52. The van der Waals surface area contributed by atoms with E-state index in [9.17, 15) is 4.91 Å². The molecule has 0 saturated heterocycles. The topological polar surface area (TPSA) is 49.7 Å². The van der Waals surface area contributed by atoms with E-state index in [2.05, 4.69) is 5.18 Å². The lowest BCUT2D eigenvalue weighted by atomic mass is 10.1. The first-order valence-corrected chi connectivity index (χ1v) is 2.72. The van der Waals surface area contributed by atoms with E-state index in [1.165, 1.54) is 6.08 Å². The van der Waals surface area contributed by atoms with Crippen LogP contribution in [0, 0.1) is 4.91 Å². The Hall–Kier alpha value is -1.12. The van der Waals surface area contributed by atoms with Gasteiger partial charge in [-0.05, 0) is 18.6 Å². The second-order valence-corrected chi connectivity index (χ2v) is 1.90. The molecule has 0 bridgehead atoms. The van der Waals surface area contributed by atoms with Crippen LogP contribution in [0.3, 0.4) is 0 Å². The van der Waals surface area contributed by atoms with Crippen LogP contribution in [0.5, 0.6) is 0 Å². The summed E-state index contributed by atoms with van der Waals surface area (Å²) in [5.41, 5.74) is 0. The van der Waals surface area contributed by atoms with E-state index in [4.69, 9.17) is 5.11 Å². The Bertz CT molecular complexity index is 172. The molecule has 48 valence electrons. The summed E-state index contributed by atoms with van der Waals surface area (Å²) in [6, 6.07) is -0.277. The Morgan fingerprint density at radius 2 is 2.56 bits per heavy atom. The van der Waals surface area contributed by atoms with Gasteiger partial charge in [0.15, 0.2) is 0 Å². The van der Waals surface area contributed by atoms with E-state index in [-0.39, 0.29) is 11.8 Å². The monoisotopic (exact) mass is 125 g/mol. The minimum atomic E-state index is -0.277. The van der Waals surface area contributed by atoms with E-state index in [1.807, 2.05) is 0 Å². The molecule has 1 rings (SSSR count). The number of nitroso groups, excluding NO2 is 1. The van der Waals surface area contributed by atoms with E-state index < -0.39 is 0 Å². The lowest BCUT2D eigenvalue weighted by Crippen LogP contribution is -2.00. The average Bonchev–Trinajstić information content (AvgIpc) is 1.90. The van der Waals surface area contributed by atoms with Crippen LogP contribution in [0.15, 0.2) is 29.2 Å². The summed E-state index contributed by atoms with van der Waals surface area (Å²) in [7, 11) is 0. The molecule has 1 aliphatic carbocycles. The molecule has 0 aliphatic heterocycles. The zero-order valence-electron chi connectivity index (χ0n) is 4.82. The third-order valence-corrected chi connectivity index (χ3v) is 1.19. The van der Waals surface area contributed by atoms with Gasteiger partial charge in [0.25, 0.3) is 0 Å². The van der Waals surface area contributed by atoms with Crippen LogP contribution in [0.2, 0.25) is 0 Å². The second kappa shape index (κ2) is 2.44. The van der Waals surface area contributed by atoms with E-state index in [0.29, 0.717) is 6.42 Å². The molecule has 0 fully saturated rings. The molecule has 0 heterocycles. The van der Waals surface area contributed by atoms with Crippen LogP contribution in [-0.2, 0) is 0 Å². The maximum atomic E-state index is 9.85. The van der Waals surface area contributed by atoms with Crippen molar-refractivity contribution in [3.63, 3.8) is 0 Å². The summed E-state index contributed by atoms with van der Waals surface area (Å²) in [5.74, 6) is 0.218. The molecular formula is C6H7NO2. The SMILES string of the molecule is O=NC1C=CC(O)=CC1. The van der Waals surface area contributed by atoms with Crippen LogP contribution in [0.25, 0.3) is 0 Å². The van der Waals surface area contributed by atoms with E-state index >= 15 is 0 Å². The molecule has 0 spiro atoms. The Kier molecular flexibility index (Phi) is 1.63. The Morgan fingerprint density at radius 3 is 3.00 bits per heavy atom. The molecular weight excluding hydrogens is 118 g/mol. The fourth-order valence-corrected chi connectivity index (χ4v) is 0.676. The van der Waals surface area contributed by atoms with Gasteiger partial charge >= 0.3 is 0 Å². The van der Waals surface area contributed by atoms with Crippen LogP contribution in [0.1, 0.15) is 6.42 Å². The highest BCUT2D eigenvalue weighted by Crippen LogP contribution is 2.09. The molecule has 1 N–H and O–H groups in total. The van der Waals surface area contributed by atoms with Crippen LogP contribution in [-0.4, -0.2) is 11.1 Å².